The molecule has 2 fully saturated rings. The third-order valence-corrected chi connectivity index (χ3v) is 8.20. The van der Waals surface area contributed by atoms with Crippen LogP contribution >= 0.6 is 0 Å². The number of benzene rings is 1. The fraction of sp³-hybridized carbons (Fsp3) is 0.455. The van der Waals surface area contributed by atoms with Crippen molar-refractivity contribution in [3.05, 3.63) is 54.2 Å². The number of pyridine rings is 1. The number of nitrogens with one attached hydrogen (secondary N) is 1. The Bertz CT molecular complexity index is 1020. The van der Waals surface area contributed by atoms with Crippen LogP contribution in [0.1, 0.15) is 44.6 Å². The average molecular weight is 429 g/mol. The SMILES string of the molecule is CC1(C)C(c2ccccc2)CCN1C(=O)Nc1cc(S(=O)(=O)N2CCCC2)ccn1. The van der Waals surface area contributed by atoms with Gasteiger partial charge in [-0.2, -0.15) is 4.31 Å². The monoisotopic (exact) mass is 428 g/mol. The summed E-state index contributed by atoms with van der Waals surface area (Å²) in [4.78, 5) is 19.2. The van der Waals surface area contributed by atoms with Gasteiger partial charge >= 0.3 is 6.03 Å². The summed E-state index contributed by atoms with van der Waals surface area (Å²) in [5.74, 6) is 0.485. The molecular formula is C22H28N4O3S. The first-order valence-electron chi connectivity index (χ1n) is 10.4. The van der Waals surface area contributed by atoms with E-state index in [1.807, 2.05) is 23.1 Å². The van der Waals surface area contributed by atoms with Gasteiger partial charge in [-0.3, -0.25) is 5.32 Å². The standard InChI is InChI=1S/C22H28N4O3S/c1-22(2)19(17-8-4-3-5-9-17)11-15-26(22)21(27)24-20-16-18(10-12-23-20)30(28,29)25-13-6-7-14-25/h3-5,8-10,12,16,19H,6-7,11,13-15H2,1-2H3,(H,23,24,27). The van der Waals surface area contributed by atoms with Gasteiger partial charge in [-0.25, -0.2) is 18.2 Å². The number of sulfonamides is 1. The number of hydrogen-bond donors (Lipinski definition) is 1. The molecule has 2 aliphatic rings. The molecule has 0 bridgehead atoms. The van der Waals surface area contributed by atoms with E-state index in [9.17, 15) is 13.2 Å². The van der Waals surface area contributed by atoms with Crippen LogP contribution in [0, 0.1) is 0 Å². The van der Waals surface area contributed by atoms with E-state index in [1.165, 1.54) is 28.2 Å². The van der Waals surface area contributed by atoms with Crippen molar-refractivity contribution < 1.29 is 13.2 Å². The Kier molecular flexibility index (Phi) is 5.55. The minimum Gasteiger partial charge on any atom is -0.319 e. The predicted octanol–water partition coefficient (Wildman–Crippen LogP) is 3.67. The van der Waals surface area contributed by atoms with Gasteiger partial charge in [-0.15, -0.1) is 0 Å². The quantitative estimate of drug-likeness (QED) is 0.806. The van der Waals surface area contributed by atoms with Crippen molar-refractivity contribution >= 4 is 21.9 Å². The minimum atomic E-state index is -3.56. The summed E-state index contributed by atoms with van der Waals surface area (Å²) >= 11 is 0. The molecule has 7 nitrogen and oxygen atoms in total. The van der Waals surface area contributed by atoms with E-state index in [0.717, 1.165) is 19.3 Å². The molecule has 1 unspecified atom stereocenters. The Hall–Kier alpha value is -2.45. The number of urea groups is 1. The van der Waals surface area contributed by atoms with Crippen molar-refractivity contribution in [3.8, 4) is 0 Å². The van der Waals surface area contributed by atoms with E-state index in [0.29, 0.717) is 19.6 Å². The second kappa shape index (κ2) is 8.00. The lowest BCUT2D eigenvalue weighted by atomic mass is 9.83. The molecule has 2 saturated heterocycles. The summed E-state index contributed by atoms with van der Waals surface area (Å²) in [6.07, 6.45) is 4.06. The van der Waals surface area contributed by atoms with Gasteiger partial charge < -0.3 is 4.90 Å². The molecule has 160 valence electrons. The number of likely N-dealkylation sites (tertiary alicyclic amines) is 1. The lowest BCUT2D eigenvalue weighted by Crippen LogP contribution is -2.47. The van der Waals surface area contributed by atoms with Gasteiger partial charge in [0.25, 0.3) is 0 Å². The first-order chi connectivity index (χ1) is 14.3. The molecule has 0 aliphatic carbocycles. The summed E-state index contributed by atoms with van der Waals surface area (Å²) in [7, 11) is -3.56. The largest absolute Gasteiger partial charge is 0.323 e. The number of amides is 2. The zero-order valence-electron chi connectivity index (χ0n) is 17.4. The van der Waals surface area contributed by atoms with Crippen molar-refractivity contribution in [2.24, 2.45) is 0 Å². The van der Waals surface area contributed by atoms with Gasteiger partial charge in [-0.1, -0.05) is 30.3 Å². The highest BCUT2D eigenvalue weighted by Gasteiger charge is 2.44. The zero-order valence-corrected chi connectivity index (χ0v) is 18.2. The Morgan fingerprint density at radius 2 is 1.80 bits per heavy atom. The molecular weight excluding hydrogens is 400 g/mol. The molecule has 8 heteroatoms. The maximum Gasteiger partial charge on any atom is 0.323 e. The second-order valence-electron chi connectivity index (χ2n) is 8.48. The molecule has 0 spiro atoms. The summed E-state index contributed by atoms with van der Waals surface area (Å²) in [6.45, 7) is 5.84. The highest BCUT2D eigenvalue weighted by Crippen LogP contribution is 2.41. The summed E-state index contributed by atoms with van der Waals surface area (Å²) < 4.78 is 27.1. The lowest BCUT2D eigenvalue weighted by Gasteiger charge is -2.36. The summed E-state index contributed by atoms with van der Waals surface area (Å²) in [5.41, 5.74) is 0.847. The normalized spacial score (nSPS) is 21.7. The number of carbonyl (C=O) groups excluding carboxylic acids is 1. The molecule has 2 amide bonds. The minimum absolute atomic E-state index is 0.164. The molecule has 30 heavy (non-hydrogen) atoms. The molecule has 0 radical (unpaired) electrons. The molecule has 4 rings (SSSR count). The van der Waals surface area contributed by atoms with Crippen LogP contribution in [-0.4, -0.2) is 53.8 Å². The number of anilines is 1. The Morgan fingerprint density at radius 3 is 2.50 bits per heavy atom. The van der Waals surface area contributed by atoms with Crippen LogP contribution in [0.25, 0.3) is 0 Å². The molecule has 2 aromatic rings. The molecule has 3 heterocycles. The van der Waals surface area contributed by atoms with E-state index in [4.69, 9.17) is 0 Å². The van der Waals surface area contributed by atoms with E-state index in [2.05, 4.69) is 36.3 Å². The Balaban J connectivity index is 1.51. The third-order valence-electron chi connectivity index (χ3n) is 6.31. The summed E-state index contributed by atoms with van der Waals surface area (Å²) in [6, 6.07) is 12.9. The van der Waals surface area contributed by atoms with Gasteiger partial charge in [0.1, 0.15) is 5.82 Å². The van der Waals surface area contributed by atoms with E-state index >= 15 is 0 Å². The van der Waals surface area contributed by atoms with Crippen LogP contribution in [0.2, 0.25) is 0 Å². The van der Waals surface area contributed by atoms with Gasteiger partial charge in [0.2, 0.25) is 10.0 Å². The maximum absolute atomic E-state index is 13.0. The fourth-order valence-electron chi connectivity index (χ4n) is 4.61. The lowest BCUT2D eigenvalue weighted by molar-refractivity contribution is 0.171. The maximum atomic E-state index is 13.0. The van der Waals surface area contributed by atoms with Crippen LogP contribution in [-0.2, 0) is 10.0 Å². The van der Waals surface area contributed by atoms with Crippen molar-refractivity contribution in [1.29, 1.82) is 0 Å². The smallest absolute Gasteiger partial charge is 0.319 e. The predicted molar refractivity (Wildman–Crippen MR) is 116 cm³/mol. The first-order valence-corrected chi connectivity index (χ1v) is 11.8. The molecule has 2 aliphatic heterocycles. The van der Waals surface area contributed by atoms with E-state index < -0.39 is 10.0 Å². The first kappa shape index (κ1) is 20.8. The van der Waals surface area contributed by atoms with Crippen molar-refractivity contribution in [3.63, 3.8) is 0 Å². The van der Waals surface area contributed by atoms with Crippen LogP contribution in [0.4, 0.5) is 10.6 Å². The van der Waals surface area contributed by atoms with Gasteiger partial charge in [0.15, 0.2) is 0 Å². The number of carbonyl (C=O) groups is 1. The number of rotatable bonds is 4. The third kappa shape index (κ3) is 3.81. The highest BCUT2D eigenvalue weighted by molar-refractivity contribution is 7.89. The summed E-state index contributed by atoms with van der Waals surface area (Å²) in [5, 5.41) is 2.81. The van der Waals surface area contributed by atoms with Crippen molar-refractivity contribution in [1.82, 2.24) is 14.2 Å². The topological polar surface area (TPSA) is 82.6 Å². The van der Waals surface area contributed by atoms with Crippen molar-refractivity contribution in [2.75, 3.05) is 25.0 Å². The Morgan fingerprint density at radius 1 is 1.10 bits per heavy atom. The van der Waals surface area contributed by atoms with Gasteiger partial charge in [0, 0.05) is 43.4 Å². The van der Waals surface area contributed by atoms with Crippen molar-refractivity contribution in [2.45, 2.75) is 49.5 Å². The van der Waals surface area contributed by atoms with Gasteiger partial charge in [0.05, 0.1) is 4.90 Å². The second-order valence-corrected chi connectivity index (χ2v) is 10.4. The zero-order chi connectivity index (χ0) is 21.4. The molecule has 1 atom stereocenters. The van der Waals surface area contributed by atoms with Crippen LogP contribution in [0.15, 0.2) is 53.6 Å². The number of hydrogen-bond acceptors (Lipinski definition) is 4. The van der Waals surface area contributed by atoms with E-state index in [1.54, 1.807) is 0 Å². The Labute approximate surface area is 178 Å². The highest BCUT2D eigenvalue weighted by atomic mass is 32.2. The van der Waals surface area contributed by atoms with Crippen LogP contribution in [0.3, 0.4) is 0 Å². The van der Waals surface area contributed by atoms with Crippen LogP contribution < -0.4 is 5.32 Å². The fourth-order valence-corrected chi connectivity index (χ4v) is 6.14. The molecule has 1 aromatic heterocycles. The molecule has 1 aromatic carbocycles. The average Bonchev–Trinajstić information content (AvgIpc) is 3.37. The number of aromatic nitrogens is 1. The van der Waals surface area contributed by atoms with Crippen LogP contribution in [0.5, 0.6) is 0 Å². The molecule has 1 N–H and O–H groups in total. The number of nitrogens with zero attached hydrogens (tertiary/aromatic N) is 3. The van der Waals surface area contributed by atoms with E-state index in [-0.39, 0.29) is 28.2 Å². The molecule has 0 saturated carbocycles. The van der Waals surface area contributed by atoms with Gasteiger partial charge in [-0.05, 0) is 44.7 Å².